The predicted molar refractivity (Wildman–Crippen MR) is 133 cm³/mol. The van der Waals surface area contributed by atoms with E-state index in [-0.39, 0.29) is 15.5 Å². The molecule has 0 aliphatic heterocycles. The number of fused-ring (bicyclic) bond motifs is 1. The van der Waals surface area contributed by atoms with E-state index < -0.39 is 23.2 Å². The molecule has 0 saturated carbocycles. The molecule has 0 aliphatic carbocycles. The number of benzene rings is 2. The molecule has 0 bridgehead atoms. The fourth-order valence-corrected chi connectivity index (χ4v) is 4.52. The minimum atomic E-state index is -0.642. The number of amides is 2. The van der Waals surface area contributed by atoms with Gasteiger partial charge in [0.05, 0.1) is 6.61 Å². The van der Waals surface area contributed by atoms with Crippen molar-refractivity contribution in [1.82, 2.24) is 9.38 Å². The van der Waals surface area contributed by atoms with Crippen LogP contribution in [0.2, 0.25) is 0 Å². The Bertz CT molecular complexity index is 1430. The number of aryl methyl sites for hydroxylation is 1. The van der Waals surface area contributed by atoms with Crippen LogP contribution in [0.4, 0.5) is 15.8 Å². The number of nitrogens with one attached hydrogen (secondary N) is 2. The van der Waals surface area contributed by atoms with Crippen molar-refractivity contribution in [2.45, 2.75) is 26.7 Å². The number of aromatic nitrogens is 2. The average Bonchev–Trinajstić information content (AvgIpc) is 3.23. The van der Waals surface area contributed by atoms with E-state index >= 15 is 0 Å². The predicted octanol–water partition coefficient (Wildman–Crippen LogP) is 4.75. The molecule has 2 heterocycles. The van der Waals surface area contributed by atoms with Crippen LogP contribution < -0.4 is 20.9 Å². The summed E-state index contributed by atoms with van der Waals surface area (Å²) in [6.45, 7) is 4.35. The van der Waals surface area contributed by atoms with E-state index in [1.54, 1.807) is 24.3 Å². The summed E-state index contributed by atoms with van der Waals surface area (Å²) in [6.07, 6.45) is 1.38. The molecule has 0 saturated heterocycles. The molecule has 2 N–H and O–H groups in total. The van der Waals surface area contributed by atoms with Gasteiger partial charge in [-0.25, -0.2) is 13.8 Å². The summed E-state index contributed by atoms with van der Waals surface area (Å²) in [5, 5.41) is 5.39. The lowest BCUT2D eigenvalue weighted by Crippen LogP contribution is -2.25. The molecular weight excluding hydrogens is 471 g/mol. The number of carbonyl (C=O) groups excluding carboxylic acids is 2. The molecular formula is C25H23FN4O4S. The summed E-state index contributed by atoms with van der Waals surface area (Å²) >= 11 is 0.941. The van der Waals surface area contributed by atoms with Gasteiger partial charge in [-0.3, -0.25) is 14.4 Å². The Morgan fingerprint density at radius 3 is 2.26 bits per heavy atom. The summed E-state index contributed by atoms with van der Waals surface area (Å²) in [6, 6.07) is 13.3. The summed E-state index contributed by atoms with van der Waals surface area (Å²) in [5.41, 5.74) is 0.819. The Morgan fingerprint density at radius 2 is 1.63 bits per heavy atom. The van der Waals surface area contributed by atoms with Crippen molar-refractivity contribution in [2.24, 2.45) is 0 Å². The number of halogens is 1. The molecule has 180 valence electrons. The van der Waals surface area contributed by atoms with Gasteiger partial charge in [0.25, 0.3) is 17.4 Å². The monoisotopic (exact) mass is 494 g/mol. The molecule has 35 heavy (non-hydrogen) atoms. The van der Waals surface area contributed by atoms with Gasteiger partial charge in [-0.2, -0.15) is 0 Å². The maximum atomic E-state index is 13.3. The molecule has 2 aromatic carbocycles. The third-order valence-corrected chi connectivity index (χ3v) is 6.07. The van der Waals surface area contributed by atoms with Crippen molar-refractivity contribution in [3.05, 3.63) is 87.0 Å². The minimum absolute atomic E-state index is 0.0102. The number of nitrogens with zero attached hydrogens (tertiary/aromatic N) is 2. The second-order valence-corrected chi connectivity index (χ2v) is 8.58. The smallest absolute Gasteiger partial charge is 0.274 e. The molecule has 4 rings (SSSR count). The Balaban J connectivity index is 1.74. The Labute approximate surface area is 204 Å². The van der Waals surface area contributed by atoms with Crippen LogP contribution in [0.3, 0.4) is 0 Å². The van der Waals surface area contributed by atoms with Crippen molar-refractivity contribution in [2.75, 3.05) is 17.2 Å². The standard InChI is InChI=1S/C25H23FN4O4S/c1-3-5-18-14-20(31)30-21(23(32)27-17-10-12-19(13-11-17)34-4-2)22(35-25(30)29-18)24(33)28-16-8-6-15(26)7-9-16/h6-14H,3-5H2,1-2H3,(H,27,32)(H,28,33). The first-order valence-corrected chi connectivity index (χ1v) is 11.9. The van der Waals surface area contributed by atoms with E-state index in [1.165, 1.54) is 30.3 Å². The first-order chi connectivity index (χ1) is 16.9. The topological polar surface area (TPSA) is 102 Å². The first-order valence-electron chi connectivity index (χ1n) is 11.1. The Morgan fingerprint density at radius 1 is 1.00 bits per heavy atom. The van der Waals surface area contributed by atoms with Crippen LogP contribution in [-0.4, -0.2) is 27.8 Å². The van der Waals surface area contributed by atoms with Gasteiger partial charge in [-0.1, -0.05) is 24.7 Å². The summed E-state index contributed by atoms with van der Waals surface area (Å²) in [7, 11) is 0. The van der Waals surface area contributed by atoms with Crippen LogP contribution in [0.1, 0.15) is 46.1 Å². The molecule has 2 amide bonds. The fraction of sp³-hybridized carbons (Fsp3) is 0.200. The van der Waals surface area contributed by atoms with E-state index in [0.717, 1.165) is 22.2 Å². The Kier molecular flexibility index (Phi) is 7.21. The molecule has 0 radical (unpaired) electrons. The van der Waals surface area contributed by atoms with Crippen LogP contribution >= 0.6 is 11.3 Å². The number of ether oxygens (including phenoxy) is 1. The maximum Gasteiger partial charge on any atom is 0.274 e. The lowest BCUT2D eigenvalue weighted by molar-refractivity contribution is 0.0989. The van der Waals surface area contributed by atoms with Crippen molar-refractivity contribution in [1.29, 1.82) is 0 Å². The molecule has 0 spiro atoms. The SMILES string of the molecule is CCCc1cc(=O)n2c(C(=O)Nc3ccc(OCC)cc3)c(C(=O)Nc3ccc(F)cc3)sc2n1. The highest BCUT2D eigenvalue weighted by atomic mass is 32.1. The average molecular weight is 495 g/mol. The number of anilines is 2. The van der Waals surface area contributed by atoms with Gasteiger partial charge in [0.15, 0.2) is 4.96 Å². The Hall–Kier alpha value is -4.05. The molecule has 4 aromatic rings. The molecule has 0 aliphatic rings. The van der Waals surface area contributed by atoms with Crippen LogP contribution in [0.25, 0.3) is 4.96 Å². The van der Waals surface area contributed by atoms with Crippen molar-refractivity contribution < 1.29 is 18.7 Å². The van der Waals surface area contributed by atoms with Crippen molar-refractivity contribution in [3.63, 3.8) is 0 Å². The van der Waals surface area contributed by atoms with Gasteiger partial charge in [0.2, 0.25) is 0 Å². The number of rotatable bonds is 8. The van der Waals surface area contributed by atoms with Crippen molar-refractivity contribution in [3.8, 4) is 5.75 Å². The molecule has 0 atom stereocenters. The van der Waals surface area contributed by atoms with Gasteiger partial charge in [0.1, 0.15) is 22.1 Å². The second-order valence-electron chi connectivity index (χ2n) is 7.61. The van der Waals surface area contributed by atoms with Crippen LogP contribution in [0.5, 0.6) is 5.75 Å². The van der Waals surface area contributed by atoms with E-state index in [2.05, 4.69) is 15.6 Å². The van der Waals surface area contributed by atoms with Gasteiger partial charge < -0.3 is 15.4 Å². The second kappa shape index (κ2) is 10.5. The summed E-state index contributed by atoms with van der Waals surface area (Å²) < 4.78 is 19.8. The summed E-state index contributed by atoms with van der Waals surface area (Å²) in [4.78, 5) is 44.2. The zero-order valence-corrected chi connectivity index (χ0v) is 19.9. The van der Waals surface area contributed by atoms with Gasteiger partial charge in [-0.05, 0) is 61.9 Å². The highest BCUT2D eigenvalue weighted by Gasteiger charge is 2.26. The van der Waals surface area contributed by atoms with E-state index in [1.807, 2.05) is 13.8 Å². The lowest BCUT2D eigenvalue weighted by atomic mass is 10.2. The molecule has 10 heteroatoms. The minimum Gasteiger partial charge on any atom is -0.494 e. The van der Waals surface area contributed by atoms with Gasteiger partial charge >= 0.3 is 0 Å². The number of hydrogen-bond donors (Lipinski definition) is 2. The third-order valence-electron chi connectivity index (χ3n) is 5.03. The fourth-order valence-electron chi connectivity index (χ4n) is 3.48. The maximum absolute atomic E-state index is 13.3. The molecule has 0 unspecified atom stereocenters. The lowest BCUT2D eigenvalue weighted by Gasteiger charge is -2.09. The summed E-state index contributed by atoms with van der Waals surface area (Å²) in [5.74, 6) is -1.05. The molecule has 8 nitrogen and oxygen atoms in total. The van der Waals surface area contributed by atoms with E-state index in [0.29, 0.717) is 35.8 Å². The molecule has 2 aromatic heterocycles. The van der Waals surface area contributed by atoms with Gasteiger partial charge in [-0.15, -0.1) is 0 Å². The molecule has 0 fully saturated rings. The van der Waals surface area contributed by atoms with Crippen LogP contribution in [-0.2, 0) is 6.42 Å². The number of hydrogen-bond acceptors (Lipinski definition) is 6. The van der Waals surface area contributed by atoms with Crippen LogP contribution in [0.15, 0.2) is 59.4 Å². The zero-order chi connectivity index (χ0) is 24.9. The highest BCUT2D eigenvalue weighted by molar-refractivity contribution is 7.19. The number of thiazole rings is 1. The van der Waals surface area contributed by atoms with Gasteiger partial charge in [0, 0.05) is 23.1 Å². The zero-order valence-electron chi connectivity index (χ0n) is 19.1. The highest BCUT2D eigenvalue weighted by Crippen LogP contribution is 2.25. The largest absolute Gasteiger partial charge is 0.494 e. The third kappa shape index (κ3) is 5.38. The van der Waals surface area contributed by atoms with Crippen LogP contribution in [0, 0.1) is 5.82 Å². The normalized spacial score (nSPS) is 10.8. The quantitative estimate of drug-likeness (QED) is 0.368. The van der Waals surface area contributed by atoms with Crippen molar-refractivity contribution >= 4 is 39.5 Å². The first kappa shape index (κ1) is 24.1. The van der Waals surface area contributed by atoms with E-state index in [9.17, 15) is 18.8 Å². The van der Waals surface area contributed by atoms with E-state index in [4.69, 9.17) is 4.74 Å². The number of carbonyl (C=O) groups is 2.